The molecule has 0 saturated carbocycles. The van der Waals surface area contributed by atoms with E-state index in [2.05, 4.69) is 9.97 Å². The van der Waals surface area contributed by atoms with E-state index in [0.29, 0.717) is 18.8 Å². The standard InChI is InChI=1S/C10H13ClN4O2/c11-7-9(13-5-14-10(7)17)15-4-2-1-3-6(15)8(12)16/h5-6H,1-4H2,(H2,12,16)(H,13,14,17). The van der Waals surface area contributed by atoms with Crippen molar-refractivity contribution in [1.82, 2.24) is 9.97 Å². The minimum Gasteiger partial charge on any atom is -0.368 e. The molecule has 1 atom stereocenters. The maximum absolute atomic E-state index is 11.4. The highest BCUT2D eigenvalue weighted by molar-refractivity contribution is 6.32. The molecule has 0 aliphatic carbocycles. The van der Waals surface area contributed by atoms with Gasteiger partial charge >= 0.3 is 0 Å². The zero-order valence-corrected chi connectivity index (χ0v) is 9.91. The average molecular weight is 257 g/mol. The zero-order valence-electron chi connectivity index (χ0n) is 9.15. The lowest BCUT2D eigenvalue weighted by Gasteiger charge is -2.34. The summed E-state index contributed by atoms with van der Waals surface area (Å²) >= 11 is 5.90. The molecule has 7 heteroatoms. The number of nitrogens with one attached hydrogen (secondary N) is 1. The Morgan fingerprint density at radius 2 is 2.35 bits per heavy atom. The van der Waals surface area contributed by atoms with Gasteiger partial charge in [-0.2, -0.15) is 0 Å². The number of nitrogens with zero attached hydrogens (tertiary/aromatic N) is 2. The highest BCUT2D eigenvalue weighted by Crippen LogP contribution is 2.26. The Labute approximate surface area is 103 Å². The SMILES string of the molecule is NC(=O)C1CCCCN1c1nc[nH]c(=O)c1Cl. The molecule has 0 bridgehead atoms. The monoisotopic (exact) mass is 256 g/mol. The number of H-pyrrole nitrogens is 1. The number of carbonyl (C=O) groups excluding carboxylic acids is 1. The van der Waals surface area contributed by atoms with E-state index in [4.69, 9.17) is 17.3 Å². The third kappa shape index (κ3) is 2.26. The number of aromatic nitrogens is 2. The van der Waals surface area contributed by atoms with Gasteiger partial charge in [0.2, 0.25) is 5.91 Å². The molecule has 1 amide bonds. The molecule has 17 heavy (non-hydrogen) atoms. The summed E-state index contributed by atoms with van der Waals surface area (Å²) in [6.07, 6.45) is 3.80. The number of anilines is 1. The average Bonchev–Trinajstić information content (AvgIpc) is 2.33. The van der Waals surface area contributed by atoms with Gasteiger partial charge in [0.15, 0.2) is 5.82 Å². The van der Waals surface area contributed by atoms with Crippen LogP contribution in [0.25, 0.3) is 0 Å². The van der Waals surface area contributed by atoms with Crippen LogP contribution in [0.5, 0.6) is 0 Å². The number of nitrogens with two attached hydrogens (primary N) is 1. The van der Waals surface area contributed by atoms with Crippen LogP contribution in [0.1, 0.15) is 19.3 Å². The minimum absolute atomic E-state index is 0.000602. The smallest absolute Gasteiger partial charge is 0.271 e. The van der Waals surface area contributed by atoms with Crippen LogP contribution in [0.15, 0.2) is 11.1 Å². The van der Waals surface area contributed by atoms with Crippen molar-refractivity contribution in [2.24, 2.45) is 5.73 Å². The first-order valence-electron chi connectivity index (χ1n) is 5.40. The first kappa shape index (κ1) is 11.9. The number of rotatable bonds is 2. The van der Waals surface area contributed by atoms with E-state index in [1.807, 2.05) is 0 Å². The molecule has 0 aromatic carbocycles. The predicted octanol–water partition coefficient (Wildman–Crippen LogP) is 0.267. The van der Waals surface area contributed by atoms with Gasteiger partial charge in [-0.25, -0.2) is 4.98 Å². The molecule has 1 aromatic rings. The maximum Gasteiger partial charge on any atom is 0.271 e. The molecular weight excluding hydrogens is 244 g/mol. The van der Waals surface area contributed by atoms with E-state index < -0.39 is 17.5 Å². The van der Waals surface area contributed by atoms with E-state index in [0.717, 1.165) is 12.8 Å². The van der Waals surface area contributed by atoms with Crippen LogP contribution in [-0.4, -0.2) is 28.5 Å². The fourth-order valence-corrected chi connectivity index (χ4v) is 2.27. The molecule has 6 nitrogen and oxygen atoms in total. The first-order chi connectivity index (χ1) is 8.11. The quantitative estimate of drug-likeness (QED) is 0.794. The lowest BCUT2D eigenvalue weighted by Crippen LogP contribution is -2.48. The first-order valence-corrected chi connectivity index (χ1v) is 5.78. The summed E-state index contributed by atoms with van der Waals surface area (Å²) < 4.78 is 0. The van der Waals surface area contributed by atoms with E-state index in [9.17, 15) is 9.59 Å². The Morgan fingerprint density at radius 1 is 1.59 bits per heavy atom. The number of hydrogen-bond acceptors (Lipinski definition) is 4. The van der Waals surface area contributed by atoms with Crippen LogP contribution >= 0.6 is 11.6 Å². The van der Waals surface area contributed by atoms with Gasteiger partial charge in [-0.1, -0.05) is 11.6 Å². The van der Waals surface area contributed by atoms with Gasteiger partial charge in [-0.15, -0.1) is 0 Å². The van der Waals surface area contributed by atoms with Gasteiger partial charge < -0.3 is 15.6 Å². The summed E-state index contributed by atoms with van der Waals surface area (Å²) in [7, 11) is 0. The second kappa shape index (κ2) is 4.75. The molecule has 3 N–H and O–H groups in total. The number of piperidine rings is 1. The third-order valence-corrected chi connectivity index (χ3v) is 3.22. The molecule has 2 heterocycles. The van der Waals surface area contributed by atoms with Gasteiger partial charge in [0.05, 0.1) is 6.33 Å². The van der Waals surface area contributed by atoms with Crippen LogP contribution in [0.2, 0.25) is 5.02 Å². The van der Waals surface area contributed by atoms with Crippen LogP contribution in [0, 0.1) is 0 Å². The number of primary amides is 1. The van der Waals surface area contributed by atoms with Crippen LogP contribution < -0.4 is 16.2 Å². The fraction of sp³-hybridized carbons (Fsp3) is 0.500. The van der Waals surface area contributed by atoms with Crippen molar-refractivity contribution in [3.8, 4) is 0 Å². The summed E-state index contributed by atoms with van der Waals surface area (Å²) in [6, 6.07) is -0.435. The van der Waals surface area contributed by atoms with Crippen molar-refractivity contribution in [3.05, 3.63) is 21.7 Å². The molecule has 0 radical (unpaired) electrons. The number of halogens is 1. The van der Waals surface area contributed by atoms with Crippen molar-refractivity contribution in [2.45, 2.75) is 25.3 Å². The molecule has 1 unspecified atom stereocenters. The minimum atomic E-state index is -0.435. The largest absolute Gasteiger partial charge is 0.368 e. The van der Waals surface area contributed by atoms with Gasteiger partial charge in [0.1, 0.15) is 11.1 Å². The lowest BCUT2D eigenvalue weighted by molar-refractivity contribution is -0.119. The molecule has 92 valence electrons. The Bertz CT molecular complexity index is 487. The summed E-state index contributed by atoms with van der Waals surface area (Å²) in [5, 5.41) is 0.000602. The normalized spacial score (nSPS) is 20.3. The highest BCUT2D eigenvalue weighted by atomic mass is 35.5. The molecule has 2 rings (SSSR count). The van der Waals surface area contributed by atoms with Gasteiger partial charge in [-0.3, -0.25) is 9.59 Å². The third-order valence-electron chi connectivity index (χ3n) is 2.88. The lowest BCUT2D eigenvalue weighted by atomic mass is 10.0. The molecule has 1 aliphatic heterocycles. The number of carbonyl (C=O) groups is 1. The Balaban J connectivity index is 2.39. The summed E-state index contributed by atoms with van der Waals surface area (Å²) in [5.41, 5.74) is 4.93. The van der Waals surface area contributed by atoms with Crippen molar-refractivity contribution in [3.63, 3.8) is 0 Å². The van der Waals surface area contributed by atoms with E-state index >= 15 is 0 Å². The molecule has 1 fully saturated rings. The number of amides is 1. The zero-order chi connectivity index (χ0) is 12.4. The molecular formula is C10H13ClN4O2. The van der Waals surface area contributed by atoms with Crippen molar-refractivity contribution < 1.29 is 4.79 Å². The van der Waals surface area contributed by atoms with Gasteiger partial charge in [0.25, 0.3) is 5.56 Å². The topological polar surface area (TPSA) is 92.1 Å². The molecule has 1 saturated heterocycles. The molecule has 0 spiro atoms. The Kier molecular flexibility index (Phi) is 3.33. The van der Waals surface area contributed by atoms with Crippen LogP contribution in [0.4, 0.5) is 5.82 Å². The van der Waals surface area contributed by atoms with Gasteiger partial charge in [0, 0.05) is 6.54 Å². The van der Waals surface area contributed by atoms with Crippen LogP contribution in [-0.2, 0) is 4.79 Å². The van der Waals surface area contributed by atoms with Crippen molar-refractivity contribution in [1.29, 1.82) is 0 Å². The predicted molar refractivity (Wildman–Crippen MR) is 64.0 cm³/mol. The maximum atomic E-state index is 11.4. The van der Waals surface area contributed by atoms with Crippen LogP contribution in [0.3, 0.4) is 0 Å². The van der Waals surface area contributed by atoms with E-state index in [1.54, 1.807) is 4.90 Å². The van der Waals surface area contributed by atoms with Gasteiger partial charge in [-0.05, 0) is 19.3 Å². The second-order valence-electron chi connectivity index (χ2n) is 3.98. The van der Waals surface area contributed by atoms with Crippen molar-refractivity contribution in [2.75, 3.05) is 11.4 Å². The summed E-state index contributed by atoms with van der Waals surface area (Å²) in [6.45, 7) is 0.629. The molecule has 1 aliphatic rings. The highest BCUT2D eigenvalue weighted by Gasteiger charge is 2.29. The van der Waals surface area contributed by atoms with E-state index in [-0.39, 0.29) is 5.02 Å². The Hall–Kier alpha value is -1.56. The van der Waals surface area contributed by atoms with E-state index in [1.165, 1.54) is 6.33 Å². The summed E-state index contributed by atoms with van der Waals surface area (Å²) in [5.74, 6) is -0.0817. The van der Waals surface area contributed by atoms with Crippen molar-refractivity contribution >= 4 is 23.3 Å². The summed E-state index contributed by atoms with van der Waals surface area (Å²) in [4.78, 5) is 30.9. The molecule has 1 aromatic heterocycles. The number of aromatic amines is 1. The Morgan fingerprint density at radius 3 is 3.06 bits per heavy atom. The number of hydrogen-bond donors (Lipinski definition) is 2. The fourth-order valence-electron chi connectivity index (χ4n) is 2.05. The second-order valence-corrected chi connectivity index (χ2v) is 4.35.